The zero-order valence-corrected chi connectivity index (χ0v) is 8.61. The van der Waals surface area contributed by atoms with Crippen molar-refractivity contribution in [2.75, 3.05) is 26.2 Å². The molecule has 0 amide bonds. The maximum absolute atomic E-state index is 8.75. The summed E-state index contributed by atoms with van der Waals surface area (Å²) in [5.41, 5.74) is 2.75. The van der Waals surface area contributed by atoms with Gasteiger partial charge in [0, 0.05) is 25.6 Å². The predicted octanol–water partition coefficient (Wildman–Crippen LogP) is 1.39. The van der Waals surface area contributed by atoms with Crippen molar-refractivity contribution in [2.45, 2.75) is 12.8 Å². The SMILES string of the molecule is Cc1ccc(C2CN(CCO)C2)cc1. The van der Waals surface area contributed by atoms with Gasteiger partial charge < -0.3 is 5.11 Å². The maximum Gasteiger partial charge on any atom is 0.0558 e. The lowest BCUT2D eigenvalue weighted by atomic mass is 9.91. The molecule has 1 aliphatic heterocycles. The second kappa shape index (κ2) is 4.11. The summed E-state index contributed by atoms with van der Waals surface area (Å²) in [7, 11) is 0. The number of benzene rings is 1. The molecule has 0 spiro atoms. The molecule has 0 aliphatic carbocycles. The highest BCUT2D eigenvalue weighted by molar-refractivity contribution is 5.26. The van der Waals surface area contributed by atoms with Gasteiger partial charge in [-0.2, -0.15) is 0 Å². The molecule has 0 unspecified atom stereocenters. The number of aryl methyl sites for hydroxylation is 1. The molecule has 0 saturated carbocycles. The Kier molecular flexibility index (Phi) is 2.85. The van der Waals surface area contributed by atoms with Crippen LogP contribution in [0, 0.1) is 6.92 Å². The average Bonchev–Trinajstić information content (AvgIpc) is 2.13. The fourth-order valence-electron chi connectivity index (χ4n) is 1.94. The number of rotatable bonds is 3. The van der Waals surface area contributed by atoms with Gasteiger partial charge in [0.15, 0.2) is 0 Å². The second-order valence-corrected chi connectivity index (χ2v) is 4.09. The molecule has 1 aromatic rings. The standard InChI is InChI=1S/C12H17NO/c1-10-2-4-11(5-3-10)12-8-13(9-12)6-7-14/h2-5,12,14H,6-9H2,1H3. The zero-order valence-electron chi connectivity index (χ0n) is 8.61. The van der Waals surface area contributed by atoms with Gasteiger partial charge in [-0.3, -0.25) is 4.90 Å². The fourth-order valence-corrected chi connectivity index (χ4v) is 1.94. The minimum Gasteiger partial charge on any atom is -0.395 e. The number of aliphatic hydroxyl groups is 1. The molecule has 14 heavy (non-hydrogen) atoms. The van der Waals surface area contributed by atoms with Crippen LogP contribution in [0.3, 0.4) is 0 Å². The van der Waals surface area contributed by atoms with Crippen molar-refractivity contribution in [3.63, 3.8) is 0 Å². The lowest BCUT2D eigenvalue weighted by Crippen LogP contribution is -2.46. The Morgan fingerprint density at radius 1 is 1.29 bits per heavy atom. The van der Waals surface area contributed by atoms with E-state index >= 15 is 0 Å². The normalized spacial score (nSPS) is 18.1. The molecule has 2 heteroatoms. The summed E-state index contributed by atoms with van der Waals surface area (Å²) in [5.74, 6) is 0.683. The zero-order chi connectivity index (χ0) is 9.97. The first kappa shape index (κ1) is 9.69. The number of hydrogen-bond donors (Lipinski definition) is 1. The van der Waals surface area contributed by atoms with Crippen molar-refractivity contribution in [3.8, 4) is 0 Å². The predicted molar refractivity (Wildman–Crippen MR) is 57.4 cm³/mol. The Hall–Kier alpha value is -0.860. The van der Waals surface area contributed by atoms with Gasteiger partial charge in [0.25, 0.3) is 0 Å². The molecule has 1 N–H and O–H groups in total. The van der Waals surface area contributed by atoms with Crippen molar-refractivity contribution >= 4 is 0 Å². The van der Waals surface area contributed by atoms with Crippen LogP contribution in [-0.2, 0) is 0 Å². The summed E-state index contributed by atoms with van der Waals surface area (Å²) in [6.07, 6.45) is 0. The van der Waals surface area contributed by atoms with E-state index in [-0.39, 0.29) is 6.61 Å². The molecular weight excluding hydrogens is 174 g/mol. The highest BCUT2D eigenvalue weighted by Gasteiger charge is 2.26. The van der Waals surface area contributed by atoms with E-state index in [1.54, 1.807) is 0 Å². The molecule has 1 aromatic carbocycles. The Balaban J connectivity index is 1.90. The van der Waals surface area contributed by atoms with E-state index in [0.717, 1.165) is 19.6 Å². The van der Waals surface area contributed by atoms with Crippen LogP contribution in [0.1, 0.15) is 17.0 Å². The molecule has 76 valence electrons. The molecule has 2 rings (SSSR count). The lowest BCUT2D eigenvalue weighted by molar-refractivity contribution is 0.115. The van der Waals surface area contributed by atoms with Crippen LogP contribution in [0.4, 0.5) is 0 Å². The number of β-amino-alcohol motifs (C(OH)–C–C–N with tert-alkyl or cyclic N) is 1. The van der Waals surface area contributed by atoms with Crippen molar-refractivity contribution in [1.82, 2.24) is 4.90 Å². The first-order chi connectivity index (χ1) is 6.79. The van der Waals surface area contributed by atoms with Crippen molar-refractivity contribution in [3.05, 3.63) is 35.4 Å². The number of hydrogen-bond acceptors (Lipinski definition) is 2. The topological polar surface area (TPSA) is 23.5 Å². The maximum atomic E-state index is 8.75. The van der Waals surface area contributed by atoms with Gasteiger partial charge >= 0.3 is 0 Å². The summed E-state index contributed by atoms with van der Waals surface area (Å²) < 4.78 is 0. The molecule has 2 nitrogen and oxygen atoms in total. The summed E-state index contributed by atoms with van der Waals surface area (Å²) in [4.78, 5) is 2.28. The van der Waals surface area contributed by atoms with E-state index in [4.69, 9.17) is 5.11 Å². The third kappa shape index (κ3) is 1.97. The summed E-state index contributed by atoms with van der Waals surface area (Å²) >= 11 is 0. The lowest BCUT2D eigenvalue weighted by Gasteiger charge is -2.39. The largest absolute Gasteiger partial charge is 0.395 e. The van der Waals surface area contributed by atoms with E-state index in [9.17, 15) is 0 Å². The van der Waals surface area contributed by atoms with Crippen LogP contribution >= 0.6 is 0 Å². The Labute approximate surface area is 85.2 Å². The van der Waals surface area contributed by atoms with Gasteiger partial charge in [-0.05, 0) is 12.5 Å². The second-order valence-electron chi connectivity index (χ2n) is 4.09. The van der Waals surface area contributed by atoms with Crippen molar-refractivity contribution in [1.29, 1.82) is 0 Å². The molecule has 0 radical (unpaired) electrons. The fraction of sp³-hybridized carbons (Fsp3) is 0.500. The van der Waals surface area contributed by atoms with E-state index in [1.807, 2.05) is 0 Å². The van der Waals surface area contributed by atoms with Crippen LogP contribution in [0.5, 0.6) is 0 Å². The van der Waals surface area contributed by atoms with Crippen LogP contribution in [0.2, 0.25) is 0 Å². The Morgan fingerprint density at radius 2 is 1.93 bits per heavy atom. The van der Waals surface area contributed by atoms with Gasteiger partial charge in [-0.1, -0.05) is 29.8 Å². The highest BCUT2D eigenvalue weighted by atomic mass is 16.3. The molecule has 1 saturated heterocycles. The number of nitrogens with zero attached hydrogens (tertiary/aromatic N) is 1. The monoisotopic (exact) mass is 191 g/mol. The van der Waals surface area contributed by atoms with Crippen LogP contribution < -0.4 is 0 Å². The van der Waals surface area contributed by atoms with Crippen LogP contribution in [0.25, 0.3) is 0 Å². The minimum atomic E-state index is 0.278. The Bertz CT molecular complexity index is 288. The van der Waals surface area contributed by atoms with Gasteiger partial charge in [0.1, 0.15) is 0 Å². The van der Waals surface area contributed by atoms with Crippen molar-refractivity contribution < 1.29 is 5.11 Å². The van der Waals surface area contributed by atoms with Gasteiger partial charge in [0.2, 0.25) is 0 Å². The molecule has 1 heterocycles. The highest BCUT2D eigenvalue weighted by Crippen LogP contribution is 2.26. The molecule has 0 aromatic heterocycles. The Morgan fingerprint density at radius 3 is 2.50 bits per heavy atom. The first-order valence-electron chi connectivity index (χ1n) is 5.19. The van der Waals surface area contributed by atoms with Gasteiger partial charge in [-0.15, -0.1) is 0 Å². The van der Waals surface area contributed by atoms with Gasteiger partial charge in [-0.25, -0.2) is 0 Å². The summed E-state index contributed by atoms with van der Waals surface area (Å²) in [5, 5.41) is 8.75. The van der Waals surface area contributed by atoms with E-state index in [2.05, 4.69) is 36.1 Å². The minimum absolute atomic E-state index is 0.278. The third-order valence-corrected chi connectivity index (χ3v) is 2.92. The number of likely N-dealkylation sites (tertiary alicyclic amines) is 1. The van der Waals surface area contributed by atoms with Crippen molar-refractivity contribution in [2.24, 2.45) is 0 Å². The van der Waals surface area contributed by atoms with Crippen LogP contribution in [-0.4, -0.2) is 36.2 Å². The van der Waals surface area contributed by atoms with Crippen LogP contribution in [0.15, 0.2) is 24.3 Å². The summed E-state index contributed by atoms with van der Waals surface area (Å²) in [6.45, 7) is 5.42. The van der Waals surface area contributed by atoms with E-state index < -0.39 is 0 Å². The molecular formula is C12H17NO. The summed E-state index contributed by atoms with van der Waals surface area (Å²) in [6, 6.07) is 8.78. The van der Waals surface area contributed by atoms with E-state index in [0.29, 0.717) is 5.92 Å². The smallest absolute Gasteiger partial charge is 0.0558 e. The molecule has 1 fully saturated rings. The molecule has 0 bridgehead atoms. The third-order valence-electron chi connectivity index (χ3n) is 2.92. The van der Waals surface area contributed by atoms with Gasteiger partial charge in [0.05, 0.1) is 6.61 Å². The van der Waals surface area contributed by atoms with E-state index in [1.165, 1.54) is 11.1 Å². The molecule has 0 atom stereocenters. The molecule has 1 aliphatic rings. The quantitative estimate of drug-likeness (QED) is 0.780. The first-order valence-corrected chi connectivity index (χ1v) is 5.19. The number of aliphatic hydroxyl groups excluding tert-OH is 1. The average molecular weight is 191 g/mol.